The number of nitrogens with one attached hydrogen (secondary N) is 2. The molecule has 1 aliphatic heterocycles. The van der Waals surface area contributed by atoms with Gasteiger partial charge in [-0.05, 0) is 55.3 Å². The standard InChI is InChI=1S/C19H21N3O4S/c1-14(23)20-16-5-4-6-17(13-16)21-27(25,26)18-9-7-15(8-10-18)19(24)22-11-2-3-12-22/h4-10,13,21H,2-3,11-12H2,1H3,(H,20,23). The SMILES string of the molecule is CC(=O)Nc1cccc(NS(=O)(=O)c2ccc(C(=O)N3CCCC3)cc2)c1. The van der Waals surface area contributed by atoms with Gasteiger partial charge in [-0.3, -0.25) is 14.3 Å². The van der Waals surface area contributed by atoms with Gasteiger partial charge in [0.15, 0.2) is 0 Å². The van der Waals surface area contributed by atoms with Gasteiger partial charge in [0.25, 0.3) is 15.9 Å². The number of carbonyl (C=O) groups excluding carboxylic acids is 2. The maximum absolute atomic E-state index is 12.6. The molecule has 0 atom stereocenters. The molecule has 0 saturated carbocycles. The smallest absolute Gasteiger partial charge is 0.261 e. The molecule has 1 fully saturated rings. The Labute approximate surface area is 158 Å². The van der Waals surface area contributed by atoms with Crippen molar-refractivity contribution >= 4 is 33.2 Å². The number of anilines is 2. The summed E-state index contributed by atoms with van der Waals surface area (Å²) in [5.74, 6) is -0.319. The third-order valence-electron chi connectivity index (χ3n) is 4.24. The van der Waals surface area contributed by atoms with Crippen molar-refractivity contribution in [1.29, 1.82) is 0 Å². The van der Waals surface area contributed by atoms with Gasteiger partial charge in [-0.25, -0.2) is 8.42 Å². The van der Waals surface area contributed by atoms with E-state index in [1.54, 1.807) is 23.1 Å². The first-order valence-electron chi connectivity index (χ1n) is 8.65. The second kappa shape index (κ2) is 7.79. The number of hydrogen-bond donors (Lipinski definition) is 2. The van der Waals surface area contributed by atoms with Crippen LogP contribution in [0.1, 0.15) is 30.1 Å². The predicted molar refractivity (Wildman–Crippen MR) is 103 cm³/mol. The molecule has 3 rings (SSSR count). The Morgan fingerprint density at radius 3 is 2.22 bits per heavy atom. The summed E-state index contributed by atoms with van der Waals surface area (Å²) in [4.78, 5) is 25.3. The molecule has 1 saturated heterocycles. The summed E-state index contributed by atoms with van der Waals surface area (Å²) in [6.45, 7) is 2.86. The highest BCUT2D eigenvalue weighted by atomic mass is 32.2. The molecular formula is C19H21N3O4S. The van der Waals surface area contributed by atoms with E-state index >= 15 is 0 Å². The Bertz CT molecular complexity index is 949. The minimum Gasteiger partial charge on any atom is -0.339 e. The molecule has 1 heterocycles. The number of amides is 2. The average molecular weight is 387 g/mol. The van der Waals surface area contributed by atoms with Crippen LogP contribution in [-0.4, -0.2) is 38.2 Å². The Balaban J connectivity index is 1.75. The Hall–Kier alpha value is -2.87. The maximum atomic E-state index is 12.6. The second-order valence-electron chi connectivity index (χ2n) is 6.39. The minimum atomic E-state index is -3.81. The van der Waals surface area contributed by atoms with Gasteiger partial charge in [0.2, 0.25) is 5.91 Å². The fraction of sp³-hybridized carbons (Fsp3) is 0.263. The van der Waals surface area contributed by atoms with Crippen molar-refractivity contribution in [2.45, 2.75) is 24.7 Å². The summed E-state index contributed by atoms with van der Waals surface area (Å²) in [7, 11) is -3.81. The van der Waals surface area contributed by atoms with Crippen molar-refractivity contribution in [3.05, 3.63) is 54.1 Å². The molecule has 0 bridgehead atoms. The number of sulfonamides is 1. The third-order valence-corrected chi connectivity index (χ3v) is 5.64. The van der Waals surface area contributed by atoms with Crippen LogP contribution in [0.15, 0.2) is 53.4 Å². The fourth-order valence-corrected chi connectivity index (χ4v) is 4.01. The molecule has 8 heteroatoms. The highest BCUT2D eigenvalue weighted by Gasteiger charge is 2.20. The van der Waals surface area contributed by atoms with E-state index < -0.39 is 10.0 Å². The van der Waals surface area contributed by atoms with Gasteiger partial charge in [0, 0.05) is 31.3 Å². The lowest BCUT2D eigenvalue weighted by molar-refractivity contribution is -0.114. The lowest BCUT2D eigenvalue weighted by Crippen LogP contribution is -2.27. The van der Waals surface area contributed by atoms with Crippen LogP contribution in [0.2, 0.25) is 0 Å². The molecule has 1 aliphatic rings. The quantitative estimate of drug-likeness (QED) is 0.824. The van der Waals surface area contributed by atoms with Crippen molar-refractivity contribution in [1.82, 2.24) is 4.90 Å². The molecule has 0 radical (unpaired) electrons. The molecular weight excluding hydrogens is 366 g/mol. The van der Waals surface area contributed by atoms with Crippen LogP contribution in [0, 0.1) is 0 Å². The van der Waals surface area contributed by atoms with Gasteiger partial charge in [-0.15, -0.1) is 0 Å². The summed E-state index contributed by atoms with van der Waals surface area (Å²) >= 11 is 0. The van der Waals surface area contributed by atoms with Crippen LogP contribution in [-0.2, 0) is 14.8 Å². The van der Waals surface area contributed by atoms with Crippen LogP contribution in [0.3, 0.4) is 0 Å². The monoisotopic (exact) mass is 387 g/mol. The molecule has 0 unspecified atom stereocenters. The molecule has 27 heavy (non-hydrogen) atoms. The first-order valence-corrected chi connectivity index (χ1v) is 10.1. The van der Waals surface area contributed by atoms with Crippen molar-refractivity contribution in [3.8, 4) is 0 Å². The predicted octanol–water partition coefficient (Wildman–Crippen LogP) is 2.68. The molecule has 2 amide bonds. The van der Waals surface area contributed by atoms with Crippen molar-refractivity contribution in [2.24, 2.45) is 0 Å². The fourth-order valence-electron chi connectivity index (χ4n) is 2.96. The Morgan fingerprint density at radius 2 is 1.59 bits per heavy atom. The van der Waals surface area contributed by atoms with Gasteiger partial charge in [-0.2, -0.15) is 0 Å². The molecule has 0 spiro atoms. The number of nitrogens with zero attached hydrogens (tertiary/aromatic N) is 1. The van der Waals surface area contributed by atoms with Crippen LogP contribution < -0.4 is 10.0 Å². The molecule has 0 aromatic heterocycles. The second-order valence-corrected chi connectivity index (χ2v) is 8.07. The number of rotatable bonds is 5. The van der Waals surface area contributed by atoms with Crippen molar-refractivity contribution in [2.75, 3.05) is 23.1 Å². The highest BCUT2D eigenvalue weighted by molar-refractivity contribution is 7.92. The van der Waals surface area contributed by atoms with Crippen LogP contribution >= 0.6 is 0 Å². The summed E-state index contributed by atoms with van der Waals surface area (Å²) in [6.07, 6.45) is 2.00. The van der Waals surface area contributed by atoms with Gasteiger partial charge in [-0.1, -0.05) is 6.07 Å². The molecule has 142 valence electrons. The number of carbonyl (C=O) groups is 2. The molecule has 2 aromatic carbocycles. The summed E-state index contributed by atoms with van der Waals surface area (Å²) in [5.41, 5.74) is 1.30. The topological polar surface area (TPSA) is 95.6 Å². The molecule has 0 aliphatic carbocycles. The maximum Gasteiger partial charge on any atom is 0.261 e. The molecule has 2 N–H and O–H groups in total. The Kier molecular flexibility index (Phi) is 5.46. The average Bonchev–Trinajstić information content (AvgIpc) is 3.15. The van der Waals surface area contributed by atoms with E-state index in [0.29, 0.717) is 16.9 Å². The van der Waals surface area contributed by atoms with E-state index in [0.717, 1.165) is 25.9 Å². The first kappa shape index (κ1) is 18.9. The van der Waals surface area contributed by atoms with Gasteiger partial charge in [0.05, 0.1) is 10.6 Å². The van der Waals surface area contributed by atoms with E-state index in [9.17, 15) is 18.0 Å². The number of hydrogen-bond acceptors (Lipinski definition) is 4. The van der Waals surface area contributed by atoms with E-state index in [2.05, 4.69) is 10.0 Å². The molecule has 7 nitrogen and oxygen atoms in total. The van der Waals surface area contributed by atoms with Crippen molar-refractivity contribution in [3.63, 3.8) is 0 Å². The van der Waals surface area contributed by atoms with E-state index in [1.807, 2.05) is 0 Å². The zero-order valence-electron chi connectivity index (χ0n) is 14.9. The lowest BCUT2D eigenvalue weighted by Gasteiger charge is -2.15. The van der Waals surface area contributed by atoms with Crippen LogP contribution in [0.5, 0.6) is 0 Å². The zero-order valence-corrected chi connectivity index (χ0v) is 15.8. The van der Waals surface area contributed by atoms with E-state index in [-0.39, 0.29) is 16.7 Å². The van der Waals surface area contributed by atoms with Gasteiger partial charge in [0.1, 0.15) is 0 Å². The lowest BCUT2D eigenvalue weighted by atomic mass is 10.2. The van der Waals surface area contributed by atoms with E-state index in [4.69, 9.17) is 0 Å². The summed E-state index contributed by atoms with van der Waals surface area (Å²) < 4.78 is 27.6. The number of benzene rings is 2. The van der Waals surface area contributed by atoms with E-state index in [1.165, 1.54) is 37.3 Å². The Morgan fingerprint density at radius 1 is 0.963 bits per heavy atom. The molecule has 2 aromatic rings. The minimum absolute atomic E-state index is 0.0606. The largest absolute Gasteiger partial charge is 0.339 e. The van der Waals surface area contributed by atoms with Crippen LogP contribution in [0.25, 0.3) is 0 Å². The normalized spacial score (nSPS) is 14.0. The third kappa shape index (κ3) is 4.65. The van der Waals surface area contributed by atoms with Crippen LogP contribution in [0.4, 0.5) is 11.4 Å². The highest BCUT2D eigenvalue weighted by Crippen LogP contribution is 2.21. The summed E-state index contributed by atoms with van der Waals surface area (Å²) in [5, 5.41) is 2.60. The summed E-state index contributed by atoms with van der Waals surface area (Å²) in [6, 6.07) is 12.3. The van der Waals surface area contributed by atoms with Crippen molar-refractivity contribution < 1.29 is 18.0 Å². The first-order chi connectivity index (χ1) is 12.8. The number of likely N-dealkylation sites (tertiary alicyclic amines) is 1. The van der Waals surface area contributed by atoms with Gasteiger partial charge < -0.3 is 10.2 Å². The zero-order chi connectivity index (χ0) is 19.4. The van der Waals surface area contributed by atoms with Gasteiger partial charge >= 0.3 is 0 Å².